The van der Waals surface area contributed by atoms with Gasteiger partial charge < -0.3 is 0 Å². The van der Waals surface area contributed by atoms with Crippen LogP contribution < -0.4 is 0 Å². The molecule has 2 rings (SSSR count). The molecule has 1 heterocycles. The summed E-state index contributed by atoms with van der Waals surface area (Å²) < 4.78 is 2.13. The smallest absolute Gasteiger partial charge is 0.0681 e. The maximum atomic E-state index is 5.96. The summed E-state index contributed by atoms with van der Waals surface area (Å²) in [6, 6.07) is 10.2. The van der Waals surface area contributed by atoms with Crippen LogP contribution in [0.3, 0.4) is 0 Å². The molecular weight excluding hydrogens is 280 g/mol. The van der Waals surface area contributed by atoms with Crippen molar-refractivity contribution < 1.29 is 0 Å². The lowest BCUT2D eigenvalue weighted by molar-refractivity contribution is 0.496. The molecule has 0 amide bonds. The van der Waals surface area contributed by atoms with Gasteiger partial charge in [-0.05, 0) is 23.8 Å². The van der Waals surface area contributed by atoms with Crippen molar-refractivity contribution in [1.29, 1.82) is 0 Å². The molecule has 21 heavy (non-hydrogen) atoms. The van der Waals surface area contributed by atoms with Crippen LogP contribution in [-0.4, -0.2) is 9.78 Å². The molecule has 0 spiro atoms. The normalized spacial score (nSPS) is 12.7. The zero-order chi connectivity index (χ0) is 15.8. The Kier molecular flexibility index (Phi) is 4.21. The molecular formula is C18H25ClN2. The minimum Gasteiger partial charge on any atom is -0.264 e. The van der Waals surface area contributed by atoms with Crippen LogP contribution in [0.2, 0.25) is 5.02 Å². The lowest BCUT2D eigenvalue weighted by atomic mass is 9.88. The second-order valence-corrected chi connectivity index (χ2v) is 8.14. The molecule has 0 fully saturated rings. The SMILES string of the molecule is CC(C)(C)c1cc(C(C)(C)C)n(Cc2ccc(Cl)cc2)n1. The van der Waals surface area contributed by atoms with Crippen LogP contribution in [0.1, 0.15) is 58.5 Å². The highest BCUT2D eigenvalue weighted by molar-refractivity contribution is 6.30. The molecule has 0 atom stereocenters. The minimum absolute atomic E-state index is 0.0608. The van der Waals surface area contributed by atoms with Crippen molar-refractivity contribution in [3.8, 4) is 0 Å². The van der Waals surface area contributed by atoms with Crippen molar-refractivity contribution in [3.63, 3.8) is 0 Å². The third-order valence-corrected chi connectivity index (χ3v) is 3.81. The number of halogens is 1. The van der Waals surface area contributed by atoms with E-state index in [1.54, 1.807) is 0 Å². The van der Waals surface area contributed by atoms with Crippen molar-refractivity contribution in [1.82, 2.24) is 9.78 Å². The average molecular weight is 305 g/mol. The number of hydrogen-bond donors (Lipinski definition) is 0. The van der Waals surface area contributed by atoms with Gasteiger partial charge in [-0.25, -0.2) is 0 Å². The van der Waals surface area contributed by atoms with Gasteiger partial charge >= 0.3 is 0 Å². The molecule has 0 aliphatic heterocycles. The van der Waals surface area contributed by atoms with E-state index in [9.17, 15) is 0 Å². The molecule has 1 aromatic carbocycles. The zero-order valence-corrected chi connectivity index (χ0v) is 14.6. The molecule has 1 aromatic heterocycles. The van der Waals surface area contributed by atoms with Gasteiger partial charge in [0.1, 0.15) is 0 Å². The molecule has 0 saturated carbocycles. The van der Waals surface area contributed by atoms with E-state index in [0.717, 1.165) is 17.3 Å². The lowest BCUT2D eigenvalue weighted by Gasteiger charge is -2.20. The van der Waals surface area contributed by atoms with E-state index < -0.39 is 0 Å². The van der Waals surface area contributed by atoms with E-state index in [-0.39, 0.29) is 10.8 Å². The standard InChI is InChI=1S/C18H25ClN2/c1-17(2,3)15-11-16(18(4,5)6)21(20-15)12-13-7-9-14(19)10-8-13/h7-11H,12H2,1-6H3. The molecule has 0 saturated heterocycles. The first-order valence-electron chi connectivity index (χ1n) is 7.40. The Hall–Kier alpha value is -1.28. The van der Waals surface area contributed by atoms with Crippen LogP contribution in [0.4, 0.5) is 0 Å². The van der Waals surface area contributed by atoms with E-state index in [4.69, 9.17) is 16.7 Å². The number of nitrogens with zero attached hydrogens (tertiary/aromatic N) is 2. The van der Waals surface area contributed by atoms with Crippen LogP contribution in [0.5, 0.6) is 0 Å². The topological polar surface area (TPSA) is 17.8 Å². The maximum Gasteiger partial charge on any atom is 0.0681 e. The first-order valence-corrected chi connectivity index (χ1v) is 7.78. The highest BCUT2D eigenvalue weighted by atomic mass is 35.5. The molecule has 2 nitrogen and oxygen atoms in total. The number of rotatable bonds is 2. The summed E-state index contributed by atoms with van der Waals surface area (Å²) in [5, 5.41) is 5.62. The number of hydrogen-bond acceptors (Lipinski definition) is 1. The molecule has 0 aliphatic carbocycles. The quantitative estimate of drug-likeness (QED) is 0.747. The molecule has 0 radical (unpaired) electrons. The Balaban J connectivity index is 2.41. The van der Waals surface area contributed by atoms with Crippen molar-refractivity contribution in [3.05, 3.63) is 52.3 Å². The van der Waals surface area contributed by atoms with Crippen LogP contribution in [0.25, 0.3) is 0 Å². The average Bonchev–Trinajstić information content (AvgIpc) is 2.75. The molecule has 0 bridgehead atoms. The highest BCUT2D eigenvalue weighted by Gasteiger charge is 2.25. The van der Waals surface area contributed by atoms with Crippen LogP contribution in [-0.2, 0) is 17.4 Å². The second-order valence-electron chi connectivity index (χ2n) is 7.70. The third kappa shape index (κ3) is 3.88. The Morgan fingerprint density at radius 1 is 0.952 bits per heavy atom. The monoisotopic (exact) mass is 304 g/mol. The summed E-state index contributed by atoms with van der Waals surface area (Å²) in [5.41, 5.74) is 3.76. The van der Waals surface area contributed by atoms with Gasteiger partial charge in [-0.3, -0.25) is 4.68 Å². The summed E-state index contributed by atoms with van der Waals surface area (Å²) in [6.07, 6.45) is 0. The van der Waals surface area contributed by atoms with E-state index in [0.29, 0.717) is 0 Å². The molecule has 2 aromatic rings. The highest BCUT2D eigenvalue weighted by Crippen LogP contribution is 2.29. The van der Waals surface area contributed by atoms with Crippen molar-refractivity contribution in [2.75, 3.05) is 0 Å². The van der Waals surface area contributed by atoms with Crippen LogP contribution in [0, 0.1) is 0 Å². The third-order valence-electron chi connectivity index (χ3n) is 3.56. The summed E-state index contributed by atoms with van der Waals surface area (Å²) in [6.45, 7) is 14.1. The first-order chi connectivity index (χ1) is 9.57. The van der Waals surface area contributed by atoms with Gasteiger partial charge in [-0.15, -0.1) is 0 Å². The van der Waals surface area contributed by atoms with E-state index in [1.807, 2.05) is 12.1 Å². The van der Waals surface area contributed by atoms with Gasteiger partial charge in [0.2, 0.25) is 0 Å². The van der Waals surface area contributed by atoms with Gasteiger partial charge in [0, 0.05) is 21.5 Å². The molecule has 0 N–H and O–H groups in total. The summed E-state index contributed by atoms with van der Waals surface area (Å²) in [7, 11) is 0. The van der Waals surface area contributed by atoms with Gasteiger partial charge in [0.25, 0.3) is 0 Å². The number of benzene rings is 1. The predicted octanol–water partition coefficient (Wildman–Crippen LogP) is 5.18. The molecule has 0 aliphatic rings. The van der Waals surface area contributed by atoms with Crippen molar-refractivity contribution in [2.24, 2.45) is 0 Å². The van der Waals surface area contributed by atoms with Gasteiger partial charge in [-0.2, -0.15) is 5.10 Å². The fourth-order valence-electron chi connectivity index (χ4n) is 2.27. The maximum absolute atomic E-state index is 5.96. The lowest BCUT2D eigenvalue weighted by Crippen LogP contribution is -2.19. The van der Waals surface area contributed by atoms with Gasteiger partial charge in [0.15, 0.2) is 0 Å². The Morgan fingerprint density at radius 2 is 1.52 bits per heavy atom. The summed E-state index contributed by atoms with van der Waals surface area (Å²) in [4.78, 5) is 0. The minimum atomic E-state index is 0.0608. The van der Waals surface area contributed by atoms with Gasteiger partial charge in [0.05, 0.1) is 12.2 Å². The van der Waals surface area contributed by atoms with Crippen LogP contribution >= 0.6 is 11.6 Å². The molecule has 3 heteroatoms. The zero-order valence-electron chi connectivity index (χ0n) is 13.9. The Bertz CT molecular complexity index is 610. The summed E-state index contributed by atoms with van der Waals surface area (Å²) in [5.74, 6) is 0. The fourth-order valence-corrected chi connectivity index (χ4v) is 2.40. The Morgan fingerprint density at radius 3 is 2.00 bits per heavy atom. The first kappa shape index (κ1) is 16.1. The fraction of sp³-hybridized carbons (Fsp3) is 0.500. The largest absolute Gasteiger partial charge is 0.264 e. The second kappa shape index (κ2) is 5.49. The van der Waals surface area contributed by atoms with Crippen LogP contribution in [0.15, 0.2) is 30.3 Å². The van der Waals surface area contributed by atoms with E-state index >= 15 is 0 Å². The summed E-state index contributed by atoms with van der Waals surface area (Å²) >= 11 is 5.96. The Labute approximate surface area is 133 Å². The van der Waals surface area contributed by atoms with Gasteiger partial charge in [-0.1, -0.05) is 65.3 Å². The van der Waals surface area contributed by atoms with E-state index in [2.05, 4.69) is 64.4 Å². The van der Waals surface area contributed by atoms with E-state index in [1.165, 1.54) is 11.3 Å². The molecule has 114 valence electrons. The number of aromatic nitrogens is 2. The predicted molar refractivity (Wildman–Crippen MR) is 90.2 cm³/mol. The van der Waals surface area contributed by atoms with Crippen molar-refractivity contribution in [2.45, 2.75) is 58.9 Å². The molecule has 0 unspecified atom stereocenters. The van der Waals surface area contributed by atoms with Crippen molar-refractivity contribution >= 4 is 11.6 Å².